The van der Waals surface area contributed by atoms with Gasteiger partial charge in [-0.15, -0.1) is 11.3 Å². The fraction of sp³-hybridized carbons (Fsp3) is 0. The molecule has 10 heteroatoms. The summed E-state index contributed by atoms with van der Waals surface area (Å²) in [6, 6.07) is 20.6. The van der Waals surface area contributed by atoms with Gasteiger partial charge in [0.25, 0.3) is 0 Å². The van der Waals surface area contributed by atoms with Gasteiger partial charge in [0, 0.05) is 32.0 Å². The molecular formula is C26H15BrClN5O2S. The Hall–Kier alpha value is -3.79. The van der Waals surface area contributed by atoms with Crippen LogP contribution in [0.1, 0.15) is 5.69 Å². The minimum Gasteiger partial charge on any atom is -0.422 e. The van der Waals surface area contributed by atoms with Crippen LogP contribution in [0.3, 0.4) is 0 Å². The van der Waals surface area contributed by atoms with Crippen molar-refractivity contribution in [1.82, 2.24) is 14.4 Å². The molecule has 0 aliphatic carbocycles. The van der Waals surface area contributed by atoms with E-state index in [0.717, 1.165) is 32.5 Å². The van der Waals surface area contributed by atoms with Gasteiger partial charge in [-0.1, -0.05) is 45.7 Å². The number of aromatic nitrogens is 3. The molecule has 0 aliphatic heterocycles. The van der Waals surface area contributed by atoms with Crippen molar-refractivity contribution in [2.45, 2.75) is 0 Å². The first-order valence-corrected chi connectivity index (χ1v) is 12.8. The van der Waals surface area contributed by atoms with Gasteiger partial charge in [-0.05, 0) is 48.5 Å². The molecule has 0 aliphatic rings. The van der Waals surface area contributed by atoms with E-state index in [0.29, 0.717) is 27.0 Å². The number of benzene rings is 2. The second kappa shape index (κ2) is 9.34. The van der Waals surface area contributed by atoms with E-state index in [4.69, 9.17) is 21.0 Å². The van der Waals surface area contributed by atoms with Crippen molar-refractivity contribution >= 4 is 66.8 Å². The molecule has 4 aromatic heterocycles. The number of nitrogens with zero attached hydrogens (tertiary/aromatic N) is 4. The van der Waals surface area contributed by atoms with Crippen molar-refractivity contribution in [1.29, 1.82) is 0 Å². The number of thiazole rings is 1. The Morgan fingerprint density at radius 3 is 2.81 bits per heavy atom. The molecule has 0 amide bonds. The van der Waals surface area contributed by atoms with Crippen molar-refractivity contribution in [2.24, 2.45) is 5.10 Å². The molecule has 4 heterocycles. The lowest BCUT2D eigenvalue weighted by atomic mass is 10.1. The van der Waals surface area contributed by atoms with Crippen LogP contribution >= 0.6 is 38.9 Å². The van der Waals surface area contributed by atoms with Gasteiger partial charge < -0.3 is 4.42 Å². The normalized spacial score (nSPS) is 11.6. The van der Waals surface area contributed by atoms with E-state index >= 15 is 0 Å². The van der Waals surface area contributed by atoms with E-state index in [2.05, 4.69) is 31.4 Å². The lowest BCUT2D eigenvalue weighted by Crippen LogP contribution is -2.03. The molecular weight excluding hydrogens is 562 g/mol. The Morgan fingerprint density at radius 1 is 1.08 bits per heavy atom. The van der Waals surface area contributed by atoms with E-state index in [-0.39, 0.29) is 0 Å². The summed E-state index contributed by atoms with van der Waals surface area (Å²) in [5.74, 6) is 0. The summed E-state index contributed by atoms with van der Waals surface area (Å²) in [6.45, 7) is 0. The first kappa shape index (κ1) is 22.7. The summed E-state index contributed by atoms with van der Waals surface area (Å²) in [7, 11) is 0. The molecule has 6 rings (SSSR count). The molecule has 1 N–H and O–H groups in total. The smallest absolute Gasteiger partial charge is 0.345 e. The summed E-state index contributed by atoms with van der Waals surface area (Å²) in [5, 5.41) is 8.02. The number of hydrogen-bond acceptors (Lipinski definition) is 7. The Morgan fingerprint density at radius 2 is 1.94 bits per heavy atom. The number of halogens is 2. The summed E-state index contributed by atoms with van der Waals surface area (Å²) >= 11 is 10.9. The van der Waals surface area contributed by atoms with Crippen molar-refractivity contribution < 1.29 is 4.42 Å². The maximum absolute atomic E-state index is 12.5. The standard InChI is InChI=1S/C26H15BrClN5O2S/c27-17-6-4-15(5-7-17)24-21(33-10-2-1-3-23(33)31-24)13-29-32-26-30-20(14-36-26)19-12-16-11-18(28)8-9-22(16)35-25(19)34/h1-14H,(H,30,32)/b29-13+. The van der Waals surface area contributed by atoms with Crippen LogP contribution in [0.5, 0.6) is 0 Å². The van der Waals surface area contributed by atoms with E-state index in [1.807, 2.05) is 53.1 Å². The Labute approximate surface area is 221 Å². The Bertz CT molecular complexity index is 1820. The zero-order chi connectivity index (χ0) is 24.6. The minimum atomic E-state index is -0.463. The number of hydrogen-bond donors (Lipinski definition) is 1. The van der Waals surface area contributed by atoms with E-state index in [9.17, 15) is 4.79 Å². The third kappa shape index (κ3) is 4.32. The molecule has 0 fully saturated rings. The van der Waals surface area contributed by atoms with Gasteiger partial charge in [0.05, 0.1) is 28.9 Å². The van der Waals surface area contributed by atoms with Crippen LogP contribution in [0.25, 0.3) is 39.1 Å². The van der Waals surface area contributed by atoms with Crippen LogP contribution in [-0.4, -0.2) is 20.6 Å². The lowest BCUT2D eigenvalue weighted by molar-refractivity contribution is 0.563. The number of anilines is 1. The second-order valence-electron chi connectivity index (χ2n) is 7.82. The average Bonchev–Trinajstić information content (AvgIpc) is 3.49. The van der Waals surface area contributed by atoms with Crippen molar-refractivity contribution in [3.8, 4) is 22.5 Å². The highest BCUT2D eigenvalue weighted by Crippen LogP contribution is 2.28. The van der Waals surface area contributed by atoms with Crippen LogP contribution in [-0.2, 0) is 0 Å². The molecule has 0 atom stereocenters. The molecule has 6 aromatic rings. The number of pyridine rings is 1. The van der Waals surface area contributed by atoms with Gasteiger partial charge in [-0.3, -0.25) is 9.83 Å². The predicted molar refractivity (Wildman–Crippen MR) is 148 cm³/mol. The Balaban J connectivity index is 1.30. The maximum atomic E-state index is 12.5. The van der Waals surface area contributed by atoms with Gasteiger partial charge in [-0.25, -0.2) is 14.8 Å². The molecule has 0 spiro atoms. The average molecular weight is 577 g/mol. The summed E-state index contributed by atoms with van der Waals surface area (Å²) in [4.78, 5) is 21.8. The maximum Gasteiger partial charge on any atom is 0.345 e. The molecule has 0 saturated carbocycles. The van der Waals surface area contributed by atoms with Crippen LogP contribution in [0.15, 0.2) is 97.1 Å². The monoisotopic (exact) mass is 575 g/mol. The quantitative estimate of drug-likeness (QED) is 0.134. The summed E-state index contributed by atoms with van der Waals surface area (Å²) in [6.07, 6.45) is 3.66. The van der Waals surface area contributed by atoms with Gasteiger partial charge in [0.2, 0.25) is 5.13 Å². The first-order chi connectivity index (χ1) is 17.5. The largest absolute Gasteiger partial charge is 0.422 e. The highest BCUT2D eigenvalue weighted by Gasteiger charge is 2.14. The van der Waals surface area contributed by atoms with E-state index in [1.165, 1.54) is 11.3 Å². The Kier molecular flexibility index (Phi) is 5.88. The van der Waals surface area contributed by atoms with E-state index in [1.54, 1.807) is 35.9 Å². The lowest BCUT2D eigenvalue weighted by Gasteiger charge is -2.01. The van der Waals surface area contributed by atoms with Crippen molar-refractivity contribution in [2.75, 3.05) is 5.43 Å². The third-order valence-corrected chi connectivity index (χ3v) is 7.02. The van der Waals surface area contributed by atoms with Crippen molar-refractivity contribution in [3.05, 3.63) is 104 Å². The van der Waals surface area contributed by atoms with Crippen LogP contribution < -0.4 is 11.1 Å². The van der Waals surface area contributed by atoms with Crippen LogP contribution in [0.2, 0.25) is 5.02 Å². The second-order valence-corrected chi connectivity index (χ2v) is 10.0. The topological polar surface area (TPSA) is 84.8 Å². The predicted octanol–water partition coefficient (Wildman–Crippen LogP) is 7.09. The van der Waals surface area contributed by atoms with Crippen LogP contribution in [0, 0.1) is 0 Å². The molecule has 2 aromatic carbocycles. The van der Waals surface area contributed by atoms with E-state index < -0.39 is 5.63 Å². The minimum absolute atomic E-state index is 0.359. The van der Waals surface area contributed by atoms with Crippen molar-refractivity contribution in [3.63, 3.8) is 0 Å². The molecule has 0 unspecified atom stereocenters. The van der Waals surface area contributed by atoms with Gasteiger partial charge in [0.1, 0.15) is 11.2 Å². The third-order valence-electron chi connectivity index (χ3n) is 5.51. The zero-order valence-corrected chi connectivity index (χ0v) is 21.5. The zero-order valence-electron chi connectivity index (χ0n) is 18.4. The molecule has 36 heavy (non-hydrogen) atoms. The SMILES string of the molecule is O=c1oc2ccc(Cl)cc2cc1-c1csc(N/N=C/c2c(-c3ccc(Br)cc3)nc3ccccn23)n1. The van der Waals surface area contributed by atoms with Gasteiger partial charge in [-0.2, -0.15) is 5.10 Å². The highest BCUT2D eigenvalue weighted by molar-refractivity contribution is 9.10. The number of imidazole rings is 1. The molecule has 0 bridgehead atoms. The van der Waals surface area contributed by atoms with Gasteiger partial charge in [0.15, 0.2) is 0 Å². The van der Waals surface area contributed by atoms with Crippen LogP contribution in [0.4, 0.5) is 5.13 Å². The number of rotatable bonds is 5. The first-order valence-electron chi connectivity index (χ1n) is 10.8. The fourth-order valence-corrected chi connectivity index (χ4v) is 4.93. The molecule has 176 valence electrons. The summed E-state index contributed by atoms with van der Waals surface area (Å²) < 4.78 is 8.40. The number of hydrazone groups is 1. The molecule has 7 nitrogen and oxygen atoms in total. The summed E-state index contributed by atoms with van der Waals surface area (Å²) in [5.41, 5.74) is 7.26. The fourth-order valence-electron chi connectivity index (χ4n) is 3.83. The molecule has 0 saturated heterocycles. The number of nitrogens with one attached hydrogen (secondary N) is 1. The number of fused-ring (bicyclic) bond motifs is 2. The van der Waals surface area contributed by atoms with Gasteiger partial charge >= 0.3 is 5.63 Å². The highest BCUT2D eigenvalue weighted by atomic mass is 79.9. The molecule has 0 radical (unpaired) electrons.